The van der Waals surface area contributed by atoms with Crippen LogP contribution in [0, 0.1) is 0 Å². The number of carboxylic acid groups (broad SMARTS) is 1. The van der Waals surface area contributed by atoms with Crippen LogP contribution in [0.25, 0.3) is 11.1 Å². The van der Waals surface area contributed by atoms with Crippen molar-refractivity contribution in [1.29, 1.82) is 0 Å². The van der Waals surface area contributed by atoms with E-state index in [1.165, 1.54) is 11.1 Å². The largest absolute Gasteiger partial charge is 0.528 e. The number of hydrogen-bond donors (Lipinski definition) is 2. The molecule has 7 nitrogen and oxygen atoms in total. The van der Waals surface area contributed by atoms with Gasteiger partial charge in [0.05, 0.1) is 6.61 Å². The van der Waals surface area contributed by atoms with Crippen LogP contribution in [0.3, 0.4) is 0 Å². The lowest BCUT2D eigenvalue weighted by atomic mass is 10.0. The van der Waals surface area contributed by atoms with Gasteiger partial charge in [-0.05, 0) is 55.0 Å². The fourth-order valence-corrected chi connectivity index (χ4v) is 3.52. The number of nitrogens with zero attached hydrogens (tertiary/aromatic N) is 1. The summed E-state index contributed by atoms with van der Waals surface area (Å²) < 4.78 is 5.27. The molecule has 0 fully saturated rings. The van der Waals surface area contributed by atoms with E-state index in [-0.39, 0.29) is 6.61 Å². The lowest BCUT2D eigenvalue weighted by Crippen LogP contribution is -2.54. The molecule has 2 aromatic carbocycles. The topological polar surface area (TPSA) is 96.3 Å². The molecule has 154 valence electrons. The first-order valence-corrected chi connectivity index (χ1v) is 9.39. The number of hydroxylamine groups is 2. The fourth-order valence-electron chi connectivity index (χ4n) is 3.52. The Morgan fingerprint density at radius 1 is 1.10 bits per heavy atom. The molecule has 0 heterocycles. The van der Waals surface area contributed by atoms with Crippen molar-refractivity contribution in [3.05, 3.63) is 59.2 Å². The van der Waals surface area contributed by atoms with Crippen LogP contribution >= 0.6 is 0 Å². The number of fused-ring (bicyclic) bond motifs is 3. The summed E-state index contributed by atoms with van der Waals surface area (Å²) >= 11 is 0. The summed E-state index contributed by atoms with van der Waals surface area (Å²) in [4.78, 5) is 28.8. The lowest BCUT2D eigenvalue weighted by Gasteiger charge is -2.36. The minimum absolute atomic E-state index is 0.00480. The Bertz CT molecular complexity index is 918. The van der Waals surface area contributed by atoms with Crippen molar-refractivity contribution in [3.63, 3.8) is 0 Å². The molecule has 7 heteroatoms. The summed E-state index contributed by atoms with van der Waals surface area (Å²) in [6.07, 6.45) is -0.257. The molecular formula is C22H25NO6. The highest BCUT2D eigenvalue weighted by Crippen LogP contribution is 2.38. The zero-order chi connectivity index (χ0) is 21.2. The number of carbonyl (C=O) groups is 2. The van der Waals surface area contributed by atoms with Crippen molar-refractivity contribution in [2.75, 3.05) is 6.61 Å². The number of carbonyl (C=O) groups excluding carboxylic acids is 1. The van der Waals surface area contributed by atoms with Gasteiger partial charge in [0.25, 0.3) is 0 Å². The van der Waals surface area contributed by atoms with Gasteiger partial charge >= 0.3 is 12.1 Å². The van der Waals surface area contributed by atoms with Crippen molar-refractivity contribution in [3.8, 4) is 11.1 Å². The molecular weight excluding hydrogens is 374 g/mol. The third kappa shape index (κ3) is 4.41. The number of benzene rings is 2. The molecule has 0 saturated heterocycles. The Morgan fingerprint density at radius 2 is 1.79 bits per heavy atom. The zero-order valence-electron chi connectivity index (χ0n) is 16.7. The number of aliphatic hydroxyl groups excluding tert-OH is 1. The number of aliphatic hydroxyl groups is 1. The van der Waals surface area contributed by atoms with E-state index in [1.807, 2.05) is 30.3 Å². The van der Waals surface area contributed by atoms with Gasteiger partial charge < -0.3 is 19.8 Å². The van der Waals surface area contributed by atoms with Gasteiger partial charge in [-0.1, -0.05) is 42.5 Å². The number of hydrogen-bond acceptors (Lipinski definition) is 6. The molecule has 2 aromatic rings. The van der Waals surface area contributed by atoms with Crippen molar-refractivity contribution in [2.45, 2.75) is 45.4 Å². The summed E-state index contributed by atoms with van der Waals surface area (Å²) in [5.41, 5.74) is 4.66. The van der Waals surface area contributed by atoms with E-state index >= 15 is 0 Å². The van der Waals surface area contributed by atoms with Gasteiger partial charge in [0.1, 0.15) is 6.61 Å². The van der Waals surface area contributed by atoms with Crippen molar-refractivity contribution in [1.82, 2.24) is 5.06 Å². The van der Waals surface area contributed by atoms with E-state index < -0.39 is 30.3 Å². The molecule has 0 radical (unpaired) electrons. The van der Waals surface area contributed by atoms with Gasteiger partial charge in [-0.2, -0.15) is 0 Å². The fraction of sp³-hybridized carbons (Fsp3) is 0.364. The summed E-state index contributed by atoms with van der Waals surface area (Å²) in [6.45, 7) is 4.32. The van der Waals surface area contributed by atoms with E-state index in [1.54, 1.807) is 20.8 Å². The van der Waals surface area contributed by atoms with Crippen LogP contribution in [0.1, 0.15) is 37.5 Å². The molecule has 0 spiro atoms. The summed E-state index contributed by atoms with van der Waals surface area (Å²) in [6, 6.07) is 12.6. The standard InChI is InChI=1S/C22H25NO6/c1-22(2,3)23(19(12-24)20(25)26)29-21(27)28-13-15-8-6-10-17-16-9-5-4-7-14(16)11-18(15)17/h4-10,19,24H,11-13H2,1-3H3,(H,25,26). The molecule has 1 aliphatic rings. The highest BCUT2D eigenvalue weighted by Gasteiger charge is 2.37. The number of rotatable bonds is 6. The zero-order valence-corrected chi connectivity index (χ0v) is 16.7. The smallest absolute Gasteiger partial charge is 0.480 e. The SMILES string of the molecule is CC(C)(C)N(OC(=O)OCc1cccc2c1Cc1ccccc1-2)C(CO)C(=O)O. The van der Waals surface area contributed by atoms with Gasteiger partial charge in [-0.15, -0.1) is 5.06 Å². The molecule has 1 aliphatic carbocycles. The molecule has 0 bridgehead atoms. The normalized spacial score (nSPS) is 13.6. The lowest BCUT2D eigenvalue weighted by molar-refractivity contribution is -0.217. The molecule has 0 aliphatic heterocycles. The van der Waals surface area contributed by atoms with E-state index in [9.17, 15) is 19.8 Å². The Hall–Kier alpha value is -2.90. The molecule has 1 unspecified atom stereocenters. The monoisotopic (exact) mass is 399 g/mol. The Labute approximate surface area is 169 Å². The highest BCUT2D eigenvalue weighted by molar-refractivity contribution is 5.78. The average Bonchev–Trinajstić information content (AvgIpc) is 3.04. The number of carboxylic acids is 1. The predicted molar refractivity (Wildman–Crippen MR) is 106 cm³/mol. The van der Waals surface area contributed by atoms with Gasteiger partial charge in [-0.25, -0.2) is 4.79 Å². The van der Waals surface area contributed by atoms with E-state index in [0.29, 0.717) is 0 Å². The Kier molecular flexibility index (Phi) is 5.91. The minimum atomic E-state index is -1.39. The van der Waals surface area contributed by atoms with Crippen LogP contribution < -0.4 is 0 Å². The maximum absolute atomic E-state index is 12.3. The minimum Gasteiger partial charge on any atom is -0.480 e. The van der Waals surface area contributed by atoms with Gasteiger partial charge in [0.2, 0.25) is 0 Å². The van der Waals surface area contributed by atoms with Crippen molar-refractivity contribution < 1.29 is 29.4 Å². The molecule has 0 amide bonds. The van der Waals surface area contributed by atoms with Crippen LogP contribution in [0.2, 0.25) is 0 Å². The molecule has 1 atom stereocenters. The van der Waals surface area contributed by atoms with Crippen LogP contribution in [-0.4, -0.2) is 45.6 Å². The van der Waals surface area contributed by atoms with Gasteiger partial charge in [0.15, 0.2) is 6.04 Å². The second-order valence-corrected chi connectivity index (χ2v) is 7.94. The van der Waals surface area contributed by atoms with Crippen LogP contribution in [0.15, 0.2) is 42.5 Å². The number of aliphatic carboxylic acids is 1. The maximum Gasteiger partial charge on any atom is 0.528 e. The Morgan fingerprint density at radius 3 is 2.45 bits per heavy atom. The molecule has 2 N–H and O–H groups in total. The van der Waals surface area contributed by atoms with Crippen LogP contribution in [0.5, 0.6) is 0 Å². The number of ether oxygens (including phenoxy) is 1. The molecule has 3 rings (SSSR count). The van der Waals surface area contributed by atoms with Crippen molar-refractivity contribution in [2.24, 2.45) is 0 Å². The second-order valence-electron chi connectivity index (χ2n) is 7.94. The Balaban J connectivity index is 1.71. The van der Waals surface area contributed by atoms with E-state index in [0.717, 1.165) is 28.2 Å². The second kappa shape index (κ2) is 8.23. The third-order valence-corrected chi connectivity index (χ3v) is 4.87. The first-order valence-electron chi connectivity index (χ1n) is 9.39. The molecule has 0 saturated carbocycles. The third-order valence-electron chi connectivity index (χ3n) is 4.87. The van der Waals surface area contributed by atoms with E-state index in [4.69, 9.17) is 9.57 Å². The van der Waals surface area contributed by atoms with Crippen LogP contribution in [0.4, 0.5) is 4.79 Å². The summed E-state index contributed by atoms with van der Waals surface area (Å²) in [7, 11) is 0. The van der Waals surface area contributed by atoms with Crippen LogP contribution in [-0.2, 0) is 27.4 Å². The first-order chi connectivity index (χ1) is 13.7. The predicted octanol–water partition coefficient (Wildman–Crippen LogP) is 3.37. The van der Waals surface area contributed by atoms with Gasteiger partial charge in [-0.3, -0.25) is 4.79 Å². The van der Waals surface area contributed by atoms with Gasteiger partial charge in [0, 0.05) is 5.54 Å². The highest BCUT2D eigenvalue weighted by atomic mass is 16.8. The first kappa shape index (κ1) is 20.8. The molecule has 29 heavy (non-hydrogen) atoms. The maximum atomic E-state index is 12.3. The average molecular weight is 399 g/mol. The quantitative estimate of drug-likeness (QED) is 0.484. The summed E-state index contributed by atoms with van der Waals surface area (Å²) in [5.74, 6) is -1.30. The molecule has 0 aromatic heterocycles. The van der Waals surface area contributed by atoms with Crippen molar-refractivity contribution >= 4 is 12.1 Å². The summed E-state index contributed by atoms with van der Waals surface area (Å²) in [5, 5.41) is 19.6. The van der Waals surface area contributed by atoms with E-state index in [2.05, 4.69) is 12.1 Å².